The summed E-state index contributed by atoms with van der Waals surface area (Å²) in [5, 5.41) is 7.17. The highest BCUT2D eigenvalue weighted by molar-refractivity contribution is 6.05. The molecular weight excluding hydrogens is 500 g/mol. The monoisotopic (exact) mass is 538 g/mol. The Kier molecular flexibility index (Phi) is 9.70. The van der Waals surface area contributed by atoms with Gasteiger partial charge in [0.15, 0.2) is 0 Å². The Morgan fingerprint density at radius 2 is 1.65 bits per heavy atom. The third-order valence-corrected chi connectivity index (χ3v) is 7.38. The van der Waals surface area contributed by atoms with E-state index in [1.54, 1.807) is 23.1 Å². The van der Waals surface area contributed by atoms with Crippen molar-refractivity contribution in [2.75, 3.05) is 11.9 Å². The Bertz CT molecular complexity index is 1360. The van der Waals surface area contributed by atoms with Gasteiger partial charge in [0.25, 0.3) is 11.8 Å². The van der Waals surface area contributed by atoms with Crippen LogP contribution in [0.4, 0.5) is 5.69 Å². The number of hydrogen-bond acceptors (Lipinski definition) is 5. The summed E-state index contributed by atoms with van der Waals surface area (Å²) in [7, 11) is 1.52. The van der Waals surface area contributed by atoms with Crippen molar-refractivity contribution in [1.82, 2.24) is 10.3 Å². The fourth-order valence-corrected chi connectivity index (χ4v) is 5.01. The van der Waals surface area contributed by atoms with E-state index in [-0.39, 0.29) is 17.8 Å². The van der Waals surface area contributed by atoms with Gasteiger partial charge in [-0.3, -0.25) is 19.9 Å². The molecule has 0 atom stereocenters. The zero-order chi connectivity index (χ0) is 28.5. The highest BCUT2D eigenvalue weighted by atomic mass is 16.2. The van der Waals surface area contributed by atoms with Gasteiger partial charge < -0.3 is 10.7 Å². The van der Waals surface area contributed by atoms with E-state index >= 15 is 0 Å². The van der Waals surface area contributed by atoms with Crippen LogP contribution >= 0.6 is 0 Å². The van der Waals surface area contributed by atoms with E-state index in [1.165, 1.54) is 44.7 Å². The van der Waals surface area contributed by atoms with Crippen LogP contribution in [-0.4, -0.2) is 29.8 Å². The summed E-state index contributed by atoms with van der Waals surface area (Å²) in [5.74, 6) is 11.0. The lowest BCUT2D eigenvalue weighted by Gasteiger charge is -2.25. The summed E-state index contributed by atoms with van der Waals surface area (Å²) in [5.41, 5.74) is 5.57. The van der Waals surface area contributed by atoms with Crippen LogP contribution in [0.2, 0.25) is 0 Å². The van der Waals surface area contributed by atoms with Crippen LogP contribution < -0.4 is 21.9 Å². The maximum atomic E-state index is 13.5. The maximum absolute atomic E-state index is 13.5. The first-order valence-corrected chi connectivity index (χ1v) is 13.7. The lowest BCUT2D eigenvalue weighted by atomic mass is 9.84. The molecule has 4 rings (SSSR count). The number of carbonyl (C=O) groups is 2. The third kappa shape index (κ3) is 7.36. The molecule has 0 saturated heterocycles. The average Bonchev–Trinajstić information content (AvgIpc) is 2.98. The Hall–Kier alpha value is -4.43. The number of carbonyl (C=O) groups excluding carboxylic acids is 2. The fraction of sp³-hybridized carbons (Fsp3) is 0.281. The van der Waals surface area contributed by atoms with E-state index in [4.69, 9.17) is 11.7 Å². The molecule has 0 spiro atoms. The lowest BCUT2D eigenvalue weighted by molar-refractivity contribution is -0.114. The number of rotatable bonds is 7. The minimum absolute atomic E-state index is 0.0444. The molecule has 1 aliphatic rings. The van der Waals surface area contributed by atoms with E-state index in [2.05, 4.69) is 22.6 Å². The zero-order valence-electron chi connectivity index (χ0n) is 23.2. The quantitative estimate of drug-likeness (QED) is 0.128. The smallest absolute Gasteiger partial charge is 0.258 e. The van der Waals surface area contributed by atoms with Crippen molar-refractivity contribution in [2.24, 2.45) is 16.8 Å². The molecule has 8 heteroatoms. The van der Waals surface area contributed by atoms with E-state index in [0.717, 1.165) is 27.4 Å². The minimum Gasteiger partial charge on any atom is -0.320 e. The highest BCUT2D eigenvalue weighted by Crippen LogP contribution is 2.33. The van der Waals surface area contributed by atoms with Crippen LogP contribution in [0.25, 0.3) is 6.08 Å². The van der Waals surface area contributed by atoms with Gasteiger partial charge in [-0.1, -0.05) is 67.8 Å². The molecule has 1 aliphatic carbocycles. The number of nitrogens with one attached hydrogen (secondary N) is 1. The molecule has 40 heavy (non-hydrogen) atoms. The van der Waals surface area contributed by atoms with Crippen molar-refractivity contribution in [2.45, 2.75) is 51.5 Å². The van der Waals surface area contributed by atoms with Crippen molar-refractivity contribution < 1.29 is 9.59 Å². The molecule has 1 fully saturated rings. The van der Waals surface area contributed by atoms with Crippen LogP contribution in [0, 0.1) is 6.92 Å². The predicted molar refractivity (Wildman–Crippen MR) is 161 cm³/mol. The Morgan fingerprint density at radius 3 is 2.27 bits per heavy atom. The largest absolute Gasteiger partial charge is 0.320 e. The number of aryl methyl sites for hydroxylation is 1. The number of guanidine groups is 1. The second-order valence-electron chi connectivity index (χ2n) is 10.3. The minimum atomic E-state index is -0.388. The van der Waals surface area contributed by atoms with Crippen LogP contribution in [0.1, 0.15) is 70.6 Å². The van der Waals surface area contributed by atoms with Crippen LogP contribution in [0.3, 0.4) is 0 Å². The molecule has 2 amide bonds. The number of hydrazone groups is 1. The molecule has 0 aliphatic heterocycles. The average molecular weight is 539 g/mol. The number of anilines is 1. The second kappa shape index (κ2) is 13.6. The molecule has 3 aromatic rings. The van der Waals surface area contributed by atoms with Gasteiger partial charge in [0.05, 0.1) is 6.54 Å². The molecule has 8 nitrogen and oxygen atoms in total. The number of hydrogen-bond donors (Lipinski definition) is 3. The first-order chi connectivity index (χ1) is 19.4. The van der Waals surface area contributed by atoms with Gasteiger partial charge in [-0.15, -0.1) is 5.10 Å². The molecule has 0 unspecified atom stereocenters. The highest BCUT2D eigenvalue weighted by Gasteiger charge is 2.18. The summed E-state index contributed by atoms with van der Waals surface area (Å²) in [6, 6.07) is 23.5. The molecule has 1 saturated carbocycles. The Morgan fingerprint density at radius 1 is 0.975 bits per heavy atom. The fourth-order valence-electron chi connectivity index (χ4n) is 5.01. The van der Waals surface area contributed by atoms with Crippen molar-refractivity contribution in [1.29, 1.82) is 0 Å². The number of amides is 2. The van der Waals surface area contributed by atoms with E-state index in [0.29, 0.717) is 18.0 Å². The van der Waals surface area contributed by atoms with Crippen molar-refractivity contribution >= 4 is 29.5 Å². The summed E-state index contributed by atoms with van der Waals surface area (Å²) in [6.07, 6.45) is 9.80. The predicted octanol–water partition coefficient (Wildman–Crippen LogP) is 5.05. The first-order valence-electron chi connectivity index (χ1n) is 13.7. The summed E-state index contributed by atoms with van der Waals surface area (Å²) in [4.78, 5) is 27.9. The number of nitrogens with zero attached hydrogens (tertiary/aromatic N) is 3. The van der Waals surface area contributed by atoms with Crippen LogP contribution in [0.15, 0.2) is 84.0 Å². The molecule has 5 N–H and O–H groups in total. The van der Waals surface area contributed by atoms with E-state index in [9.17, 15) is 9.59 Å². The van der Waals surface area contributed by atoms with Crippen molar-refractivity contribution in [3.8, 4) is 0 Å². The van der Waals surface area contributed by atoms with Crippen molar-refractivity contribution in [3.63, 3.8) is 0 Å². The standard InChI is InChI=1S/C32H38N6O2/c1-23-8-6-7-9-25(23)18-21-30(39)38(29-19-16-27(17-20-29)26-10-4-3-5-11-26)22-24-12-14-28(15-13-24)31(40)35-32(36-33)37(2)34/h6-9,12-21,26H,3-5,10-11,22,33-34H2,1-2H3,(H,35,36,40)/b21-18+. The molecule has 0 radical (unpaired) electrons. The number of hydrazine groups is 1. The topological polar surface area (TPSA) is 117 Å². The Labute approximate surface area is 236 Å². The summed E-state index contributed by atoms with van der Waals surface area (Å²) in [6.45, 7) is 2.38. The molecule has 3 aromatic carbocycles. The van der Waals surface area contributed by atoms with E-state index in [1.807, 2.05) is 61.5 Å². The molecule has 208 valence electrons. The van der Waals surface area contributed by atoms with Gasteiger partial charge in [0.2, 0.25) is 5.96 Å². The molecular formula is C32H38N6O2. The lowest BCUT2D eigenvalue weighted by Crippen LogP contribution is -2.46. The van der Waals surface area contributed by atoms with Crippen molar-refractivity contribution in [3.05, 3.63) is 107 Å². The van der Waals surface area contributed by atoms with Gasteiger partial charge in [-0.05, 0) is 78.3 Å². The molecule has 0 bridgehead atoms. The number of benzene rings is 3. The van der Waals surface area contributed by atoms with Crippen LogP contribution in [0.5, 0.6) is 0 Å². The summed E-state index contributed by atoms with van der Waals surface area (Å²) >= 11 is 0. The van der Waals surface area contributed by atoms with E-state index < -0.39 is 0 Å². The van der Waals surface area contributed by atoms with Gasteiger partial charge in [0.1, 0.15) is 0 Å². The third-order valence-electron chi connectivity index (χ3n) is 7.38. The van der Waals surface area contributed by atoms with Gasteiger partial charge >= 0.3 is 0 Å². The molecule has 0 aromatic heterocycles. The van der Waals surface area contributed by atoms with Gasteiger partial charge in [-0.2, -0.15) is 0 Å². The van der Waals surface area contributed by atoms with Gasteiger partial charge in [-0.25, -0.2) is 5.84 Å². The van der Waals surface area contributed by atoms with Gasteiger partial charge in [0, 0.05) is 24.4 Å². The molecule has 0 heterocycles. The van der Waals surface area contributed by atoms with Crippen LogP contribution in [-0.2, 0) is 11.3 Å². The second-order valence-corrected chi connectivity index (χ2v) is 10.3. The number of nitrogens with two attached hydrogens (primary N) is 2. The SMILES string of the molecule is Cc1ccccc1/C=C/C(=O)N(Cc1ccc(C(=O)N/C(=N/N)N(C)N)cc1)c1ccc(C2CCCCC2)cc1. The normalized spacial score (nSPS) is 14.2. The first kappa shape index (κ1) is 28.6. The Balaban J connectivity index is 1.55. The summed E-state index contributed by atoms with van der Waals surface area (Å²) < 4.78 is 0. The maximum Gasteiger partial charge on any atom is 0.258 e. The zero-order valence-corrected chi connectivity index (χ0v) is 23.2.